The molecule has 6 N–H and O–H groups in total. The first-order valence-electron chi connectivity index (χ1n) is 14.3. The molecule has 1 aliphatic heterocycles. The first kappa shape index (κ1) is 32.9. The zero-order chi connectivity index (χ0) is 33.6. The molecule has 47 heavy (non-hydrogen) atoms. The summed E-state index contributed by atoms with van der Waals surface area (Å²) >= 11 is 0. The van der Waals surface area contributed by atoms with E-state index in [1.807, 2.05) is 0 Å². The summed E-state index contributed by atoms with van der Waals surface area (Å²) in [4.78, 5) is 41.8. The number of hydrogen-bond donors (Lipinski definition) is 6. The van der Waals surface area contributed by atoms with Crippen LogP contribution in [-0.2, 0) is 19.7 Å². The van der Waals surface area contributed by atoms with Crippen molar-refractivity contribution >= 4 is 56.3 Å². The molecule has 0 fully saturated rings. The van der Waals surface area contributed by atoms with E-state index in [4.69, 9.17) is 13.7 Å². The first-order chi connectivity index (χ1) is 22.5. The van der Waals surface area contributed by atoms with Gasteiger partial charge in [-0.15, -0.1) is 0 Å². The lowest BCUT2D eigenvalue weighted by atomic mass is 10.1. The molecular formula is C32H30N4O10S. The van der Waals surface area contributed by atoms with E-state index in [0.29, 0.717) is 28.2 Å². The van der Waals surface area contributed by atoms with Gasteiger partial charge in [-0.25, -0.2) is 9.78 Å². The van der Waals surface area contributed by atoms with Gasteiger partial charge in [-0.2, -0.15) is 8.42 Å². The molecule has 15 heteroatoms. The van der Waals surface area contributed by atoms with Crippen molar-refractivity contribution in [2.75, 3.05) is 24.2 Å². The molecule has 2 aliphatic rings. The van der Waals surface area contributed by atoms with E-state index in [0.717, 1.165) is 0 Å². The minimum Gasteiger partial charge on any atom is -0.480 e. The van der Waals surface area contributed by atoms with E-state index in [1.54, 1.807) is 66.8 Å². The molecule has 0 spiro atoms. The molecule has 0 radical (unpaired) electrons. The van der Waals surface area contributed by atoms with Gasteiger partial charge in [0.15, 0.2) is 5.58 Å². The van der Waals surface area contributed by atoms with Crippen LogP contribution in [0.1, 0.15) is 28.2 Å². The highest BCUT2D eigenvalue weighted by Gasteiger charge is 2.27. The van der Waals surface area contributed by atoms with Gasteiger partial charge in [-0.3, -0.25) is 14.1 Å². The number of fused-ring (bicyclic) bond motifs is 2. The van der Waals surface area contributed by atoms with Crippen LogP contribution in [0.25, 0.3) is 22.7 Å². The van der Waals surface area contributed by atoms with E-state index < -0.39 is 40.2 Å². The fourth-order valence-corrected chi connectivity index (χ4v) is 5.10. The second-order valence-electron chi connectivity index (χ2n) is 10.4. The topological polar surface area (TPSA) is 217 Å². The molecule has 2 unspecified atom stereocenters. The summed E-state index contributed by atoms with van der Waals surface area (Å²) in [6.45, 7) is -0.0782. The fourth-order valence-electron chi connectivity index (χ4n) is 4.59. The molecule has 2 atom stereocenters. The van der Waals surface area contributed by atoms with E-state index in [-0.39, 0.29) is 47.8 Å². The van der Waals surface area contributed by atoms with Crippen molar-refractivity contribution in [1.82, 2.24) is 15.6 Å². The van der Waals surface area contributed by atoms with Crippen LogP contribution < -0.4 is 20.7 Å². The molecule has 2 aromatic carbocycles. The van der Waals surface area contributed by atoms with Crippen molar-refractivity contribution in [3.63, 3.8) is 0 Å². The number of benzene rings is 2. The lowest BCUT2D eigenvalue weighted by molar-refractivity contribution is -0.139. The van der Waals surface area contributed by atoms with Gasteiger partial charge < -0.3 is 35.3 Å². The Morgan fingerprint density at radius 1 is 1.00 bits per heavy atom. The number of ether oxygens (including phenoxy) is 1. The Bertz CT molecular complexity index is 1970. The number of carboxylic acid groups (broad SMARTS) is 1. The summed E-state index contributed by atoms with van der Waals surface area (Å²) in [5, 5.41) is 28.3. The number of rotatable bonds is 12. The van der Waals surface area contributed by atoms with Crippen LogP contribution in [0.3, 0.4) is 0 Å². The average Bonchev–Trinajstić information content (AvgIpc) is 3.43. The number of amides is 2. The van der Waals surface area contributed by atoms with Gasteiger partial charge in [0.1, 0.15) is 17.3 Å². The highest BCUT2D eigenvalue weighted by molar-refractivity contribution is 7.85. The summed E-state index contributed by atoms with van der Waals surface area (Å²) in [6.07, 6.45) is 12.2. The van der Waals surface area contributed by atoms with Crippen molar-refractivity contribution in [3.8, 4) is 5.75 Å². The molecule has 244 valence electrons. The third-order valence-corrected chi connectivity index (χ3v) is 7.77. The number of aliphatic hydroxyl groups is 1. The largest absolute Gasteiger partial charge is 0.480 e. The highest BCUT2D eigenvalue weighted by Crippen LogP contribution is 2.36. The van der Waals surface area contributed by atoms with Crippen molar-refractivity contribution in [1.29, 1.82) is 0 Å². The van der Waals surface area contributed by atoms with Crippen LogP contribution in [-0.4, -0.2) is 77.1 Å². The van der Waals surface area contributed by atoms with E-state index in [1.165, 1.54) is 18.2 Å². The molecule has 5 rings (SSSR count). The second kappa shape index (κ2) is 14.3. The maximum atomic E-state index is 13.0. The van der Waals surface area contributed by atoms with Gasteiger partial charge in [0, 0.05) is 41.5 Å². The van der Waals surface area contributed by atoms with Crippen molar-refractivity contribution in [3.05, 3.63) is 102 Å². The number of hydrogen-bond acceptors (Lipinski definition) is 10. The second-order valence-corrected chi connectivity index (χ2v) is 12.0. The predicted molar refractivity (Wildman–Crippen MR) is 172 cm³/mol. The quantitative estimate of drug-likeness (QED) is 0.122. The Morgan fingerprint density at radius 3 is 2.57 bits per heavy atom. The van der Waals surface area contributed by atoms with Gasteiger partial charge in [0.05, 0.1) is 11.3 Å². The molecule has 0 saturated heterocycles. The van der Waals surface area contributed by atoms with Crippen LogP contribution in [0, 0.1) is 0 Å². The molecule has 2 heterocycles. The molecule has 1 aliphatic carbocycles. The minimum atomic E-state index is -4.05. The van der Waals surface area contributed by atoms with Gasteiger partial charge in [0.2, 0.25) is 12.2 Å². The number of allylic oxidation sites excluding steroid dienone is 6. The highest BCUT2D eigenvalue weighted by atomic mass is 32.2. The summed E-state index contributed by atoms with van der Waals surface area (Å²) in [7, 11) is -4.05. The van der Waals surface area contributed by atoms with Gasteiger partial charge >= 0.3 is 5.97 Å². The first-order valence-corrected chi connectivity index (χ1v) is 15.9. The molecule has 0 saturated carbocycles. The zero-order valence-corrected chi connectivity index (χ0v) is 25.4. The molecule has 0 bridgehead atoms. The van der Waals surface area contributed by atoms with E-state index in [2.05, 4.69) is 20.9 Å². The summed E-state index contributed by atoms with van der Waals surface area (Å²) in [5.74, 6) is -2.54. The SMILES string of the molecule is O=C(NCC(NC(=O)c1ccc2oc(C3=Cc4ccc(NCCCS(=O)(=O)O)cc4OC3O)nc2c1)C(=O)O)C1=C/C=C\C=C/C=C1. The van der Waals surface area contributed by atoms with Crippen LogP contribution in [0.2, 0.25) is 0 Å². The summed E-state index contributed by atoms with van der Waals surface area (Å²) in [5.41, 5.74) is 2.41. The number of carboxylic acids is 1. The van der Waals surface area contributed by atoms with Crippen LogP contribution >= 0.6 is 0 Å². The number of aromatic nitrogens is 1. The molecule has 1 aromatic heterocycles. The third kappa shape index (κ3) is 8.61. The van der Waals surface area contributed by atoms with E-state index in [9.17, 15) is 33.0 Å². The Morgan fingerprint density at radius 2 is 1.79 bits per heavy atom. The standard InChI is InChI=1S/C32H30N4O10S/c37-28(19-7-4-2-1-3-5-8-19)34-18-25(31(39)40)35-29(38)21-10-12-26-24(16-21)36-30(45-26)23-15-20-9-11-22(17-27(20)46-32(23)41)33-13-6-14-47(42,43)44/h1-5,7-12,15-17,25,32-33,41H,6,13-14,18H2,(H,34,37)(H,35,38)(H,39,40)(H,42,43,44)/b2-1-,3-1?,4-2?,5-3-,7-4?,8-5?,19-7?,19-8?. The Kier molecular flexibility index (Phi) is 9.99. The number of nitrogens with zero attached hydrogens (tertiary/aromatic N) is 1. The minimum absolute atomic E-state index is 0.0390. The lowest BCUT2D eigenvalue weighted by Crippen LogP contribution is -2.48. The number of nitrogens with one attached hydrogen (secondary N) is 3. The van der Waals surface area contributed by atoms with E-state index >= 15 is 0 Å². The number of aliphatic carboxylic acids is 1. The number of carbonyl (C=O) groups is 3. The number of anilines is 1. The zero-order valence-electron chi connectivity index (χ0n) is 24.6. The normalized spacial score (nSPS) is 17.5. The van der Waals surface area contributed by atoms with Gasteiger partial charge in [0.25, 0.3) is 21.9 Å². The maximum absolute atomic E-state index is 13.0. The number of oxazole rings is 1. The average molecular weight is 663 g/mol. The van der Waals surface area contributed by atoms with Gasteiger partial charge in [-0.1, -0.05) is 30.4 Å². The maximum Gasteiger partial charge on any atom is 0.328 e. The third-order valence-electron chi connectivity index (χ3n) is 6.96. The lowest BCUT2D eigenvalue weighted by Gasteiger charge is -2.22. The van der Waals surface area contributed by atoms with Gasteiger partial charge in [-0.05, 0) is 55.0 Å². The molecule has 3 aromatic rings. The fraction of sp³-hybridized carbons (Fsp3) is 0.188. The Balaban J connectivity index is 1.25. The number of aliphatic hydroxyl groups excluding tert-OH is 1. The number of carbonyl (C=O) groups excluding carboxylic acids is 2. The smallest absolute Gasteiger partial charge is 0.328 e. The molecule has 2 amide bonds. The predicted octanol–water partition coefficient (Wildman–Crippen LogP) is 2.68. The van der Waals surface area contributed by atoms with Crippen molar-refractivity contribution < 1.29 is 46.7 Å². The monoisotopic (exact) mass is 662 g/mol. The molecule has 14 nitrogen and oxygen atoms in total. The Hall–Kier alpha value is -5.51. The van der Waals surface area contributed by atoms with Crippen molar-refractivity contribution in [2.45, 2.75) is 18.8 Å². The summed E-state index contributed by atoms with van der Waals surface area (Å²) < 4.78 is 42.1. The van der Waals surface area contributed by atoms with Crippen molar-refractivity contribution in [2.24, 2.45) is 0 Å². The molecular weight excluding hydrogens is 632 g/mol. The van der Waals surface area contributed by atoms with Crippen LogP contribution in [0.15, 0.2) is 88.9 Å². The Labute approximate surface area is 268 Å². The van der Waals surface area contributed by atoms with Crippen LogP contribution in [0.4, 0.5) is 5.69 Å². The van der Waals surface area contributed by atoms with Crippen LogP contribution in [0.5, 0.6) is 5.75 Å². The summed E-state index contributed by atoms with van der Waals surface area (Å²) in [6, 6.07) is 7.98.